The third-order valence-corrected chi connectivity index (χ3v) is 6.74. The number of nitrogens with one attached hydrogen (secondary N) is 1. The topological polar surface area (TPSA) is 73.2 Å². The van der Waals surface area contributed by atoms with Crippen molar-refractivity contribution in [1.29, 1.82) is 0 Å². The molecule has 1 N–H and O–H groups in total. The molecule has 4 heterocycles. The summed E-state index contributed by atoms with van der Waals surface area (Å²) in [6, 6.07) is 11.5. The van der Waals surface area contributed by atoms with Gasteiger partial charge in [-0.2, -0.15) is 0 Å². The van der Waals surface area contributed by atoms with Crippen molar-refractivity contribution in [3.63, 3.8) is 0 Å². The molecule has 1 atom stereocenters. The van der Waals surface area contributed by atoms with Crippen LogP contribution >= 0.6 is 22.7 Å². The normalized spacial score (nSPS) is 15.7. The Morgan fingerprint density at radius 3 is 3.00 bits per heavy atom. The fourth-order valence-corrected chi connectivity index (χ4v) is 5.30. The van der Waals surface area contributed by atoms with Crippen LogP contribution in [0.15, 0.2) is 58.3 Å². The number of ether oxygens (including phenoxy) is 1. The minimum Gasteiger partial charge on any atom is -0.493 e. The van der Waals surface area contributed by atoms with Crippen molar-refractivity contribution in [3.8, 4) is 16.2 Å². The average molecular weight is 424 g/mol. The number of carbonyl (C=O) groups is 1. The highest BCUT2D eigenvalue weighted by molar-refractivity contribution is 7.18. The van der Waals surface area contributed by atoms with Gasteiger partial charge in [0.05, 0.1) is 24.4 Å². The number of amides is 1. The van der Waals surface area contributed by atoms with Gasteiger partial charge in [-0.05, 0) is 17.5 Å². The monoisotopic (exact) mass is 423 g/mol. The zero-order valence-corrected chi connectivity index (χ0v) is 17.0. The predicted molar refractivity (Wildman–Crippen MR) is 115 cm³/mol. The molecule has 0 saturated heterocycles. The third-order valence-electron chi connectivity index (χ3n) is 4.96. The molecule has 6 nitrogen and oxygen atoms in total. The highest BCUT2D eigenvalue weighted by atomic mass is 32.1. The zero-order valence-electron chi connectivity index (χ0n) is 15.3. The Balaban J connectivity index is 1.41. The summed E-state index contributed by atoms with van der Waals surface area (Å²) in [6.07, 6.45) is 2.15. The summed E-state index contributed by atoms with van der Waals surface area (Å²) in [5.74, 6) is 0.575. The SMILES string of the molecule is O=C(Cn1cnc2scc(-c3cccs3)c2c1=O)NC1CCOc2ccccc21. The molecule has 0 spiro atoms. The molecular formula is C21H17N3O3S2. The molecule has 3 aromatic heterocycles. The molecule has 0 radical (unpaired) electrons. The van der Waals surface area contributed by atoms with E-state index in [1.54, 1.807) is 11.3 Å². The van der Waals surface area contributed by atoms with Crippen LogP contribution in [0.3, 0.4) is 0 Å². The van der Waals surface area contributed by atoms with E-state index in [1.165, 1.54) is 22.2 Å². The van der Waals surface area contributed by atoms with Gasteiger partial charge >= 0.3 is 0 Å². The van der Waals surface area contributed by atoms with Crippen LogP contribution in [0.1, 0.15) is 18.0 Å². The van der Waals surface area contributed by atoms with E-state index in [-0.39, 0.29) is 24.1 Å². The molecule has 0 saturated carbocycles. The first kappa shape index (κ1) is 18.1. The number of fused-ring (bicyclic) bond motifs is 2. The fourth-order valence-electron chi connectivity index (χ4n) is 3.58. The number of rotatable bonds is 4. The molecule has 0 bridgehead atoms. The number of benzene rings is 1. The third kappa shape index (κ3) is 3.34. The van der Waals surface area contributed by atoms with Crippen molar-refractivity contribution in [2.45, 2.75) is 19.0 Å². The molecule has 146 valence electrons. The van der Waals surface area contributed by atoms with Crippen molar-refractivity contribution >= 4 is 38.8 Å². The van der Waals surface area contributed by atoms with E-state index in [9.17, 15) is 9.59 Å². The minimum atomic E-state index is -0.220. The molecule has 4 aromatic rings. The Morgan fingerprint density at radius 1 is 1.24 bits per heavy atom. The largest absolute Gasteiger partial charge is 0.493 e. The van der Waals surface area contributed by atoms with Crippen molar-refractivity contribution in [1.82, 2.24) is 14.9 Å². The van der Waals surface area contributed by atoms with E-state index in [1.807, 2.05) is 47.2 Å². The number of aromatic nitrogens is 2. The van der Waals surface area contributed by atoms with Gasteiger partial charge in [0.15, 0.2) is 0 Å². The van der Waals surface area contributed by atoms with E-state index in [0.29, 0.717) is 23.2 Å². The van der Waals surface area contributed by atoms with Crippen LogP contribution in [0.5, 0.6) is 5.75 Å². The van der Waals surface area contributed by atoms with Gasteiger partial charge in [0.1, 0.15) is 17.1 Å². The van der Waals surface area contributed by atoms with Gasteiger partial charge in [-0.25, -0.2) is 4.98 Å². The van der Waals surface area contributed by atoms with Crippen LogP contribution < -0.4 is 15.6 Å². The number of hydrogen-bond acceptors (Lipinski definition) is 6. The molecular weight excluding hydrogens is 406 g/mol. The molecule has 29 heavy (non-hydrogen) atoms. The molecule has 0 aliphatic carbocycles. The molecule has 1 aliphatic rings. The van der Waals surface area contributed by atoms with Crippen LogP contribution in [-0.4, -0.2) is 22.1 Å². The lowest BCUT2D eigenvalue weighted by atomic mass is 10.0. The van der Waals surface area contributed by atoms with E-state index in [0.717, 1.165) is 21.8 Å². The van der Waals surface area contributed by atoms with Crippen molar-refractivity contribution in [2.75, 3.05) is 6.61 Å². The van der Waals surface area contributed by atoms with Crippen molar-refractivity contribution < 1.29 is 9.53 Å². The first-order valence-corrected chi connectivity index (χ1v) is 11.0. The Labute approximate surface area is 174 Å². The molecule has 1 unspecified atom stereocenters. The lowest BCUT2D eigenvalue weighted by molar-refractivity contribution is -0.122. The average Bonchev–Trinajstić information content (AvgIpc) is 3.40. The maximum absolute atomic E-state index is 13.1. The Bertz CT molecular complexity index is 1240. The van der Waals surface area contributed by atoms with Crippen LogP contribution in [0, 0.1) is 0 Å². The molecule has 0 fully saturated rings. The Hall–Kier alpha value is -2.97. The number of thiophene rings is 2. The van der Waals surface area contributed by atoms with Crippen molar-refractivity contribution in [3.05, 3.63) is 69.4 Å². The number of carbonyl (C=O) groups excluding carboxylic acids is 1. The summed E-state index contributed by atoms with van der Waals surface area (Å²) in [6.45, 7) is 0.482. The van der Waals surface area contributed by atoms with Crippen LogP contribution in [-0.2, 0) is 11.3 Å². The van der Waals surface area contributed by atoms with E-state index in [4.69, 9.17) is 4.74 Å². The lowest BCUT2D eigenvalue weighted by Gasteiger charge is -2.26. The predicted octanol–water partition coefficient (Wildman–Crippen LogP) is 3.83. The summed E-state index contributed by atoms with van der Waals surface area (Å²) in [7, 11) is 0. The van der Waals surface area contributed by atoms with E-state index < -0.39 is 0 Å². The Kier molecular flexibility index (Phi) is 4.65. The summed E-state index contributed by atoms with van der Waals surface area (Å²) in [5, 5.41) is 7.54. The molecule has 5 rings (SSSR count). The number of para-hydroxylation sites is 1. The summed E-state index contributed by atoms with van der Waals surface area (Å²) in [4.78, 5) is 31.9. The van der Waals surface area contributed by atoms with Gasteiger partial charge in [-0.3, -0.25) is 14.2 Å². The standard InChI is InChI=1S/C21H17N3O3S2/c25-18(23-15-7-8-27-16-5-2-1-4-13(15)16)10-24-12-22-20-19(21(24)26)14(11-29-20)17-6-3-9-28-17/h1-6,9,11-12,15H,7-8,10H2,(H,23,25). The minimum absolute atomic E-state index is 0.0684. The maximum Gasteiger partial charge on any atom is 0.263 e. The van der Waals surface area contributed by atoms with Crippen molar-refractivity contribution in [2.24, 2.45) is 0 Å². The van der Waals surface area contributed by atoms with E-state index in [2.05, 4.69) is 10.3 Å². The number of hydrogen-bond donors (Lipinski definition) is 1. The van der Waals surface area contributed by atoms with Gasteiger partial charge in [-0.1, -0.05) is 24.3 Å². The molecule has 8 heteroatoms. The quantitative estimate of drug-likeness (QED) is 0.542. The Morgan fingerprint density at radius 2 is 2.14 bits per heavy atom. The highest BCUT2D eigenvalue weighted by Crippen LogP contribution is 2.33. The second-order valence-corrected chi connectivity index (χ2v) is 8.59. The van der Waals surface area contributed by atoms with Crippen LogP contribution in [0.25, 0.3) is 20.7 Å². The number of nitrogens with zero attached hydrogens (tertiary/aromatic N) is 2. The van der Waals surface area contributed by atoms with E-state index >= 15 is 0 Å². The molecule has 1 aliphatic heterocycles. The van der Waals surface area contributed by atoms with Gasteiger partial charge in [0, 0.05) is 27.8 Å². The smallest absolute Gasteiger partial charge is 0.263 e. The summed E-state index contributed by atoms with van der Waals surface area (Å²) < 4.78 is 7.03. The summed E-state index contributed by atoms with van der Waals surface area (Å²) in [5.41, 5.74) is 1.65. The highest BCUT2D eigenvalue weighted by Gasteiger charge is 2.23. The van der Waals surface area contributed by atoms with Gasteiger partial charge < -0.3 is 10.1 Å². The maximum atomic E-state index is 13.1. The molecule has 1 amide bonds. The van der Waals surface area contributed by atoms with Crippen LogP contribution in [0.4, 0.5) is 0 Å². The van der Waals surface area contributed by atoms with Gasteiger partial charge in [-0.15, -0.1) is 22.7 Å². The lowest BCUT2D eigenvalue weighted by Crippen LogP contribution is -2.36. The first-order chi connectivity index (χ1) is 14.2. The zero-order chi connectivity index (χ0) is 19.8. The van der Waals surface area contributed by atoms with Crippen LogP contribution in [0.2, 0.25) is 0 Å². The second kappa shape index (κ2) is 7.46. The fraction of sp³-hybridized carbons (Fsp3) is 0.190. The second-order valence-electron chi connectivity index (χ2n) is 6.78. The summed E-state index contributed by atoms with van der Waals surface area (Å²) >= 11 is 3.02. The van der Waals surface area contributed by atoms with Gasteiger partial charge in [0.25, 0.3) is 5.56 Å². The first-order valence-electron chi connectivity index (χ1n) is 9.22. The van der Waals surface area contributed by atoms with Gasteiger partial charge in [0.2, 0.25) is 5.91 Å². The molecule has 1 aromatic carbocycles.